The SMILES string of the molecule is CC(CCc1ccccc1)NC(=O)Cn1cnc2c(c1=O)CCCC2. The highest BCUT2D eigenvalue weighted by Gasteiger charge is 2.17. The normalized spacial score (nSPS) is 14.6. The number of benzene rings is 1. The van der Waals surface area contributed by atoms with E-state index in [0.29, 0.717) is 0 Å². The number of nitrogens with one attached hydrogen (secondary N) is 1. The first kappa shape index (κ1) is 17.4. The Morgan fingerprint density at radius 1 is 1.24 bits per heavy atom. The minimum absolute atomic E-state index is 0.0365. The van der Waals surface area contributed by atoms with Crippen LogP contribution in [0.3, 0.4) is 0 Å². The van der Waals surface area contributed by atoms with Gasteiger partial charge in [0, 0.05) is 11.6 Å². The zero-order valence-electron chi connectivity index (χ0n) is 14.7. The molecule has 1 aromatic carbocycles. The minimum atomic E-state index is -0.139. The number of carbonyl (C=O) groups is 1. The van der Waals surface area contributed by atoms with Crippen LogP contribution in [0.1, 0.15) is 43.0 Å². The lowest BCUT2D eigenvalue weighted by atomic mass is 9.97. The van der Waals surface area contributed by atoms with Crippen LogP contribution in [-0.2, 0) is 30.6 Å². The van der Waals surface area contributed by atoms with Crippen LogP contribution < -0.4 is 10.9 Å². The van der Waals surface area contributed by atoms with Crippen LogP contribution in [0.25, 0.3) is 0 Å². The maximum absolute atomic E-state index is 12.5. The van der Waals surface area contributed by atoms with Crippen molar-refractivity contribution in [3.8, 4) is 0 Å². The summed E-state index contributed by atoms with van der Waals surface area (Å²) in [6.07, 6.45) is 7.06. The van der Waals surface area contributed by atoms with Gasteiger partial charge in [-0.3, -0.25) is 14.2 Å². The summed E-state index contributed by atoms with van der Waals surface area (Å²) in [6.45, 7) is 2.03. The van der Waals surface area contributed by atoms with Crippen molar-refractivity contribution in [3.63, 3.8) is 0 Å². The number of aromatic nitrogens is 2. The van der Waals surface area contributed by atoms with E-state index in [2.05, 4.69) is 22.4 Å². The van der Waals surface area contributed by atoms with Crippen molar-refractivity contribution < 1.29 is 4.79 Å². The fourth-order valence-corrected chi connectivity index (χ4v) is 3.32. The first-order valence-corrected chi connectivity index (χ1v) is 9.04. The molecule has 0 fully saturated rings. The van der Waals surface area contributed by atoms with E-state index < -0.39 is 0 Å². The molecule has 0 radical (unpaired) electrons. The summed E-state index contributed by atoms with van der Waals surface area (Å²) in [4.78, 5) is 29.1. The van der Waals surface area contributed by atoms with Crippen LogP contribution in [0.15, 0.2) is 41.5 Å². The molecule has 132 valence electrons. The Morgan fingerprint density at radius 3 is 2.80 bits per heavy atom. The van der Waals surface area contributed by atoms with Crippen molar-refractivity contribution in [1.82, 2.24) is 14.9 Å². The van der Waals surface area contributed by atoms with Crippen molar-refractivity contribution in [3.05, 3.63) is 63.8 Å². The number of hydrogen-bond acceptors (Lipinski definition) is 3. The molecule has 1 amide bonds. The molecule has 0 saturated heterocycles. The van der Waals surface area contributed by atoms with Gasteiger partial charge in [0.2, 0.25) is 5.91 Å². The average molecular weight is 339 g/mol. The van der Waals surface area contributed by atoms with E-state index in [1.54, 1.807) is 0 Å². The Morgan fingerprint density at radius 2 is 2.00 bits per heavy atom. The van der Waals surface area contributed by atoms with Gasteiger partial charge in [-0.05, 0) is 51.0 Å². The van der Waals surface area contributed by atoms with Gasteiger partial charge in [0.15, 0.2) is 0 Å². The summed E-state index contributed by atoms with van der Waals surface area (Å²) in [5.74, 6) is -0.139. The number of amides is 1. The fraction of sp³-hybridized carbons (Fsp3) is 0.450. The van der Waals surface area contributed by atoms with Crippen LogP contribution in [0, 0.1) is 0 Å². The molecule has 0 aliphatic heterocycles. The monoisotopic (exact) mass is 339 g/mol. The van der Waals surface area contributed by atoms with Crippen molar-refractivity contribution in [1.29, 1.82) is 0 Å². The highest BCUT2D eigenvalue weighted by Crippen LogP contribution is 2.15. The first-order chi connectivity index (χ1) is 12.1. The Labute approximate surface area is 148 Å². The largest absolute Gasteiger partial charge is 0.352 e. The molecular weight excluding hydrogens is 314 g/mol. The van der Waals surface area contributed by atoms with E-state index in [4.69, 9.17) is 0 Å². The molecule has 5 nitrogen and oxygen atoms in total. The lowest BCUT2D eigenvalue weighted by Gasteiger charge is -2.17. The highest BCUT2D eigenvalue weighted by molar-refractivity contribution is 5.76. The van der Waals surface area contributed by atoms with Crippen molar-refractivity contribution in [2.24, 2.45) is 0 Å². The smallest absolute Gasteiger partial charge is 0.257 e. The van der Waals surface area contributed by atoms with Gasteiger partial charge in [0.25, 0.3) is 5.56 Å². The van der Waals surface area contributed by atoms with Crippen LogP contribution >= 0.6 is 0 Å². The van der Waals surface area contributed by atoms with Gasteiger partial charge in [-0.1, -0.05) is 30.3 Å². The number of fused-ring (bicyclic) bond motifs is 1. The van der Waals surface area contributed by atoms with E-state index >= 15 is 0 Å². The third-order valence-corrected chi connectivity index (χ3v) is 4.74. The molecule has 2 aromatic rings. The second-order valence-corrected chi connectivity index (χ2v) is 6.80. The standard InChI is InChI=1S/C20H25N3O2/c1-15(11-12-16-7-3-2-4-8-16)22-19(24)13-23-14-21-18-10-6-5-9-17(18)20(23)25/h2-4,7-8,14-15H,5-6,9-13H2,1H3,(H,22,24). The number of carbonyl (C=O) groups excluding carboxylic acids is 1. The molecule has 1 atom stereocenters. The van der Waals surface area contributed by atoms with E-state index in [-0.39, 0.29) is 24.1 Å². The average Bonchev–Trinajstić information content (AvgIpc) is 2.63. The summed E-state index contributed by atoms with van der Waals surface area (Å²) in [5, 5.41) is 2.98. The molecule has 25 heavy (non-hydrogen) atoms. The quantitative estimate of drug-likeness (QED) is 0.878. The van der Waals surface area contributed by atoms with E-state index in [1.807, 2.05) is 25.1 Å². The number of hydrogen-bond donors (Lipinski definition) is 1. The Kier molecular flexibility index (Phi) is 5.64. The number of nitrogens with zero attached hydrogens (tertiary/aromatic N) is 2. The molecule has 1 aromatic heterocycles. The summed E-state index contributed by atoms with van der Waals surface area (Å²) in [5.41, 5.74) is 2.90. The molecule has 1 aliphatic rings. The maximum Gasteiger partial charge on any atom is 0.257 e. The van der Waals surface area contributed by atoms with Crippen LogP contribution in [-0.4, -0.2) is 21.5 Å². The second kappa shape index (κ2) is 8.10. The van der Waals surface area contributed by atoms with Crippen molar-refractivity contribution in [2.75, 3.05) is 0 Å². The predicted octanol–water partition coefficient (Wildman–Crippen LogP) is 2.26. The van der Waals surface area contributed by atoms with Crippen molar-refractivity contribution >= 4 is 5.91 Å². The molecule has 1 N–H and O–H groups in total. The van der Waals surface area contributed by atoms with Crippen molar-refractivity contribution in [2.45, 2.75) is 58.0 Å². The molecular formula is C20H25N3O2. The van der Waals surface area contributed by atoms with Gasteiger partial charge >= 0.3 is 0 Å². The summed E-state index contributed by atoms with van der Waals surface area (Å²) in [7, 11) is 0. The molecule has 1 heterocycles. The van der Waals surface area contributed by atoms with Gasteiger partial charge in [0.1, 0.15) is 6.54 Å². The summed E-state index contributed by atoms with van der Waals surface area (Å²) >= 11 is 0. The number of aryl methyl sites for hydroxylation is 2. The Bertz CT molecular complexity index is 783. The molecule has 1 unspecified atom stereocenters. The highest BCUT2D eigenvalue weighted by atomic mass is 16.2. The lowest BCUT2D eigenvalue weighted by molar-refractivity contribution is -0.122. The molecule has 1 aliphatic carbocycles. The molecule has 0 saturated carbocycles. The maximum atomic E-state index is 12.5. The number of rotatable bonds is 6. The van der Waals surface area contributed by atoms with E-state index in [0.717, 1.165) is 49.8 Å². The fourth-order valence-electron chi connectivity index (χ4n) is 3.32. The zero-order valence-corrected chi connectivity index (χ0v) is 14.7. The third-order valence-electron chi connectivity index (χ3n) is 4.74. The molecule has 0 spiro atoms. The van der Waals surface area contributed by atoms with Gasteiger partial charge < -0.3 is 5.32 Å². The zero-order chi connectivity index (χ0) is 17.6. The van der Waals surface area contributed by atoms with Crippen LogP contribution in [0.2, 0.25) is 0 Å². The van der Waals surface area contributed by atoms with Gasteiger partial charge in [-0.2, -0.15) is 0 Å². The van der Waals surface area contributed by atoms with Crippen LogP contribution in [0.5, 0.6) is 0 Å². The summed E-state index contributed by atoms with van der Waals surface area (Å²) < 4.78 is 1.43. The third kappa shape index (κ3) is 4.56. The second-order valence-electron chi connectivity index (χ2n) is 6.80. The Hall–Kier alpha value is -2.43. The van der Waals surface area contributed by atoms with Gasteiger partial charge in [0.05, 0.1) is 12.0 Å². The summed E-state index contributed by atoms with van der Waals surface area (Å²) in [6, 6.07) is 10.3. The lowest BCUT2D eigenvalue weighted by Crippen LogP contribution is -2.38. The van der Waals surface area contributed by atoms with E-state index in [9.17, 15) is 9.59 Å². The predicted molar refractivity (Wildman–Crippen MR) is 97.5 cm³/mol. The first-order valence-electron chi connectivity index (χ1n) is 9.04. The van der Waals surface area contributed by atoms with Crippen LogP contribution in [0.4, 0.5) is 0 Å². The molecule has 0 bridgehead atoms. The molecule has 3 rings (SSSR count). The van der Waals surface area contributed by atoms with Gasteiger partial charge in [-0.15, -0.1) is 0 Å². The van der Waals surface area contributed by atoms with Gasteiger partial charge in [-0.25, -0.2) is 4.98 Å². The Balaban J connectivity index is 1.54. The van der Waals surface area contributed by atoms with E-state index in [1.165, 1.54) is 16.5 Å². The minimum Gasteiger partial charge on any atom is -0.352 e. The molecule has 5 heteroatoms. The topological polar surface area (TPSA) is 64.0 Å².